The number of esters is 1. The zero-order valence-corrected chi connectivity index (χ0v) is 17.6. The molecule has 1 aromatic carbocycles. The van der Waals surface area contributed by atoms with E-state index in [-0.39, 0.29) is 18.0 Å². The molecule has 4 heteroatoms. The quantitative estimate of drug-likeness (QED) is 0.373. The lowest BCUT2D eigenvalue weighted by atomic mass is 9.88. The van der Waals surface area contributed by atoms with Crippen LogP contribution in [-0.4, -0.2) is 35.5 Å². The van der Waals surface area contributed by atoms with Gasteiger partial charge in [-0.05, 0) is 56.4 Å². The molecule has 5 atom stereocenters. The van der Waals surface area contributed by atoms with Crippen LogP contribution in [0.4, 0.5) is 0 Å². The highest BCUT2D eigenvalue weighted by molar-refractivity contribution is 5.68. The van der Waals surface area contributed by atoms with Gasteiger partial charge >= 0.3 is 5.97 Å². The molecule has 2 N–H and O–H groups in total. The lowest BCUT2D eigenvalue weighted by molar-refractivity contribution is -0.140. The molecule has 2 aliphatic carbocycles. The second kappa shape index (κ2) is 10.2. The summed E-state index contributed by atoms with van der Waals surface area (Å²) in [4.78, 5) is 11.2. The molecule has 0 radical (unpaired) electrons. The number of unbranched alkanes of at least 4 members (excludes halogenated alkanes) is 1. The van der Waals surface area contributed by atoms with Crippen LogP contribution in [0.3, 0.4) is 0 Å². The molecule has 2 aliphatic rings. The minimum absolute atomic E-state index is 0.107. The largest absolute Gasteiger partial charge is 0.469 e. The molecule has 0 bridgehead atoms. The molecular weight excluding hydrogens is 364 g/mol. The van der Waals surface area contributed by atoms with Gasteiger partial charge in [-0.3, -0.25) is 4.79 Å². The van der Waals surface area contributed by atoms with E-state index in [9.17, 15) is 15.0 Å². The molecule has 3 rings (SSSR count). The van der Waals surface area contributed by atoms with E-state index in [4.69, 9.17) is 0 Å². The molecule has 0 spiro atoms. The van der Waals surface area contributed by atoms with Gasteiger partial charge in [-0.15, -0.1) is 0 Å². The highest BCUT2D eigenvalue weighted by Crippen LogP contribution is 2.48. The molecule has 1 fully saturated rings. The summed E-state index contributed by atoms with van der Waals surface area (Å²) in [6.45, 7) is 2.06. The Bertz CT molecular complexity index is 751. The fourth-order valence-corrected chi connectivity index (χ4v) is 4.92. The number of aliphatic hydroxyl groups is 2. The third-order valence-electron chi connectivity index (χ3n) is 6.39. The summed E-state index contributed by atoms with van der Waals surface area (Å²) >= 11 is 0. The molecule has 0 amide bonds. The summed E-state index contributed by atoms with van der Waals surface area (Å²) in [7, 11) is 1.43. The van der Waals surface area contributed by atoms with E-state index in [0.717, 1.165) is 37.7 Å². The van der Waals surface area contributed by atoms with Gasteiger partial charge in [0, 0.05) is 18.8 Å². The van der Waals surface area contributed by atoms with Gasteiger partial charge in [0.2, 0.25) is 0 Å². The predicted molar refractivity (Wildman–Crippen MR) is 114 cm³/mol. The number of ether oxygens (including phenoxy) is 1. The molecule has 1 aromatic rings. The second-order valence-corrected chi connectivity index (χ2v) is 8.67. The maximum Gasteiger partial charge on any atom is 0.305 e. The van der Waals surface area contributed by atoms with Crippen LogP contribution in [0.1, 0.15) is 49.7 Å². The van der Waals surface area contributed by atoms with E-state index in [1.165, 1.54) is 18.2 Å². The van der Waals surface area contributed by atoms with Crippen LogP contribution in [0.2, 0.25) is 0 Å². The van der Waals surface area contributed by atoms with E-state index in [1.54, 1.807) is 0 Å². The fraction of sp³-hybridized carbons (Fsp3) is 0.560. The Morgan fingerprint density at radius 1 is 1.34 bits per heavy atom. The highest BCUT2D eigenvalue weighted by Gasteiger charge is 2.43. The van der Waals surface area contributed by atoms with Crippen LogP contribution in [-0.2, 0) is 16.0 Å². The summed E-state index contributed by atoms with van der Waals surface area (Å²) in [6, 6.07) is 8.22. The molecule has 1 saturated carbocycles. The summed E-state index contributed by atoms with van der Waals surface area (Å²) in [6.07, 6.45) is 11.2. The number of aliphatic hydroxyl groups excluding tert-OH is 2. The zero-order valence-electron chi connectivity index (χ0n) is 17.6. The first-order valence-electron chi connectivity index (χ1n) is 10.8. The number of fused-ring (bicyclic) bond motifs is 1. The fourth-order valence-electron chi connectivity index (χ4n) is 4.92. The zero-order chi connectivity index (χ0) is 20.8. The highest BCUT2D eigenvalue weighted by atomic mass is 16.5. The molecule has 0 saturated heterocycles. The summed E-state index contributed by atoms with van der Waals surface area (Å²) in [5, 5.41) is 20.9. The Balaban J connectivity index is 1.49. The van der Waals surface area contributed by atoms with Crippen LogP contribution in [0.5, 0.6) is 0 Å². The van der Waals surface area contributed by atoms with Gasteiger partial charge in [0.05, 0.1) is 19.3 Å². The van der Waals surface area contributed by atoms with Crippen molar-refractivity contribution in [1.29, 1.82) is 0 Å². The van der Waals surface area contributed by atoms with Crippen molar-refractivity contribution >= 4 is 5.97 Å². The van der Waals surface area contributed by atoms with Gasteiger partial charge in [-0.2, -0.15) is 0 Å². The number of methoxy groups -OCH3 is 1. The van der Waals surface area contributed by atoms with Crippen LogP contribution >= 0.6 is 0 Å². The molecule has 0 aromatic heterocycles. The van der Waals surface area contributed by atoms with Gasteiger partial charge < -0.3 is 14.9 Å². The first-order chi connectivity index (χ1) is 14.0. The van der Waals surface area contributed by atoms with Crippen LogP contribution < -0.4 is 0 Å². The summed E-state index contributed by atoms with van der Waals surface area (Å²) < 4.78 is 4.69. The average Bonchev–Trinajstić information content (AvgIpc) is 3.19. The molecular formula is C25H34O4. The number of allylic oxidation sites excluding steroid dienone is 2. The van der Waals surface area contributed by atoms with E-state index in [1.807, 2.05) is 24.3 Å². The first kappa shape index (κ1) is 21.8. The SMILES string of the molecule is COC(=O)CCCCC1=C[C@H]2C[C@@H](O)[C@H](/C=C/[C@H](O)Cc3cccc(C)c3)[C@H]2C1. The minimum atomic E-state index is -0.532. The van der Waals surface area contributed by atoms with Crippen molar-refractivity contribution in [2.75, 3.05) is 7.11 Å². The van der Waals surface area contributed by atoms with Gasteiger partial charge in [-0.25, -0.2) is 0 Å². The Morgan fingerprint density at radius 2 is 2.17 bits per heavy atom. The van der Waals surface area contributed by atoms with E-state index < -0.39 is 6.10 Å². The summed E-state index contributed by atoms with van der Waals surface area (Å²) in [5.74, 6) is 0.836. The Morgan fingerprint density at radius 3 is 2.93 bits per heavy atom. The molecule has 29 heavy (non-hydrogen) atoms. The molecule has 0 aliphatic heterocycles. The standard InChI is InChI=1S/C25H34O4/c1-17-6-5-8-18(12-17)14-21(26)10-11-22-23-15-19(13-20(23)16-24(22)27)7-3-4-9-25(28)29-2/h5-6,8,10-13,20-24,26-27H,3-4,7,9,14-16H2,1-2H3/b11-10+/t20-,21-,22+,23-,24+/m0/s1. The molecule has 0 unspecified atom stereocenters. The topological polar surface area (TPSA) is 66.8 Å². The Labute approximate surface area is 174 Å². The molecule has 0 heterocycles. The number of hydrogen-bond donors (Lipinski definition) is 2. The number of carbonyl (C=O) groups excluding carboxylic acids is 1. The van der Waals surface area contributed by atoms with Crippen molar-refractivity contribution in [3.63, 3.8) is 0 Å². The van der Waals surface area contributed by atoms with E-state index in [2.05, 4.69) is 29.9 Å². The normalized spacial score (nSPS) is 27.1. The third kappa shape index (κ3) is 6.03. The average molecular weight is 399 g/mol. The molecule has 4 nitrogen and oxygen atoms in total. The first-order valence-corrected chi connectivity index (χ1v) is 10.8. The Hall–Kier alpha value is -1.91. The predicted octanol–water partition coefficient (Wildman–Crippen LogP) is 4.13. The van der Waals surface area contributed by atoms with Gasteiger partial charge in [0.25, 0.3) is 0 Å². The molecule has 158 valence electrons. The summed E-state index contributed by atoms with van der Waals surface area (Å²) in [5.41, 5.74) is 3.78. The number of hydrogen-bond acceptors (Lipinski definition) is 4. The third-order valence-corrected chi connectivity index (χ3v) is 6.39. The van der Waals surface area contributed by atoms with Gasteiger partial charge in [0.15, 0.2) is 0 Å². The number of carbonyl (C=O) groups is 1. The van der Waals surface area contributed by atoms with Crippen molar-refractivity contribution in [3.8, 4) is 0 Å². The number of benzene rings is 1. The van der Waals surface area contributed by atoms with Crippen LogP contribution in [0, 0.1) is 24.7 Å². The van der Waals surface area contributed by atoms with Gasteiger partial charge in [0.1, 0.15) is 0 Å². The van der Waals surface area contributed by atoms with E-state index >= 15 is 0 Å². The Kier molecular flexibility index (Phi) is 7.68. The van der Waals surface area contributed by atoms with Crippen molar-refractivity contribution < 1.29 is 19.7 Å². The van der Waals surface area contributed by atoms with Crippen LogP contribution in [0.25, 0.3) is 0 Å². The van der Waals surface area contributed by atoms with Gasteiger partial charge in [-0.1, -0.05) is 53.6 Å². The smallest absolute Gasteiger partial charge is 0.305 e. The van der Waals surface area contributed by atoms with Crippen molar-refractivity contribution in [1.82, 2.24) is 0 Å². The van der Waals surface area contributed by atoms with Crippen molar-refractivity contribution in [2.24, 2.45) is 17.8 Å². The minimum Gasteiger partial charge on any atom is -0.469 e. The second-order valence-electron chi connectivity index (χ2n) is 8.67. The number of aryl methyl sites for hydroxylation is 1. The van der Waals surface area contributed by atoms with Crippen molar-refractivity contribution in [3.05, 3.63) is 59.2 Å². The maximum atomic E-state index is 11.2. The monoisotopic (exact) mass is 398 g/mol. The van der Waals surface area contributed by atoms with E-state index in [0.29, 0.717) is 24.7 Å². The van der Waals surface area contributed by atoms with Crippen molar-refractivity contribution in [2.45, 2.75) is 64.1 Å². The number of rotatable bonds is 9. The maximum absolute atomic E-state index is 11.2. The van der Waals surface area contributed by atoms with Crippen LogP contribution in [0.15, 0.2) is 48.1 Å². The lowest BCUT2D eigenvalue weighted by Gasteiger charge is -2.19. The lowest BCUT2D eigenvalue weighted by Crippen LogP contribution is -2.18.